The van der Waals surface area contributed by atoms with Gasteiger partial charge in [-0.15, -0.1) is 11.3 Å². The first-order valence-corrected chi connectivity index (χ1v) is 10.0. The van der Waals surface area contributed by atoms with Crippen LogP contribution in [0.4, 0.5) is 0 Å². The summed E-state index contributed by atoms with van der Waals surface area (Å²) >= 11 is 10.9. The summed E-state index contributed by atoms with van der Waals surface area (Å²) in [6.07, 6.45) is 1.86. The monoisotopic (exact) mass is 456 g/mol. The zero-order chi connectivity index (χ0) is 18.7. The molecule has 3 aromatic rings. The number of hydrogen-bond donors (Lipinski definition) is 0. The summed E-state index contributed by atoms with van der Waals surface area (Å²) in [5.41, 5.74) is 3.33. The fourth-order valence-corrected chi connectivity index (χ4v) is 4.56. The van der Waals surface area contributed by atoms with Gasteiger partial charge in [0.05, 0.1) is 27.2 Å². The highest BCUT2D eigenvalue weighted by atomic mass is 79.9. The normalized spacial score (nSPS) is 11.7. The predicted octanol–water partition coefficient (Wildman–Crippen LogP) is 5.22. The summed E-state index contributed by atoms with van der Waals surface area (Å²) in [5.74, 6) is 0. The molecule has 8 heteroatoms. The number of fused-ring (bicyclic) bond motifs is 4. The van der Waals surface area contributed by atoms with Gasteiger partial charge in [0.2, 0.25) is 5.43 Å². The third-order valence-corrected chi connectivity index (χ3v) is 6.35. The Balaban J connectivity index is 1.87. The second-order valence-electron chi connectivity index (χ2n) is 6.12. The zero-order valence-corrected chi connectivity index (χ0v) is 17.1. The molecule has 0 atom stereocenters. The van der Waals surface area contributed by atoms with Crippen LogP contribution in [0, 0.1) is 6.92 Å². The predicted molar refractivity (Wildman–Crippen MR) is 112 cm³/mol. The molecule has 0 saturated heterocycles. The minimum Gasteiger partial charge on any atom is -0.287 e. The number of nitrogens with zero attached hydrogens (tertiary/aromatic N) is 4. The molecule has 132 valence electrons. The van der Waals surface area contributed by atoms with Gasteiger partial charge in [0.15, 0.2) is 0 Å². The van der Waals surface area contributed by atoms with Crippen molar-refractivity contribution in [2.24, 2.45) is 0 Å². The fourth-order valence-electron chi connectivity index (χ4n) is 3.05. The van der Waals surface area contributed by atoms with Gasteiger partial charge in [-0.05, 0) is 43.3 Å². The minimum atomic E-state index is -0.0900. The van der Waals surface area contributed by atoms with Crippen LogP contribution in [0.1, 0.15) is 5.56 Å². The molecule has 2 aliphatic rings. The molecular formula is C19H10BrClN4OS. The van der Waals surface area contributed by atoms with E-state index >= 15 is 0 Å². The Hall–Kier alpha value is -2.35. The van der Waals surface area contributed by atoms with Gasteiger partial charge in [-0.3, -0.25) is 4.79 Å². The number of halogens is 2. The quantitative estimate of drug-likeness (QED) is 0.256. The van der Waals surface area contributed by atoms with Crippen LogP contribution >= 0.6 is 38.9 Å². The Bertz CT molecular complexity index is 1380. The van der Waals surface area contributed by atoms with E-state index in [1.54, 1.807) is 17.7 Å². The summed E-state index contributed by atoms with van der Waals surface area (Å²) in [6, 6.07) is 11.3. The summed E-state index contributed by atoms with van der Waals surface area (Å²) < 4.78 is 2.70. The van der Waals surface area contributed by atoms with Gasteiger partial charge >= 0.3 is 0 Å². The maximum absolute atomic E-state index is 12.9. The Morgan fingerprint density at radius 2 is 1.89 bits per heavy atom. The fraction of sp³-hybridized carbons (Fsp3) is 0.0526. The lowest BCUT2D eigenvalue weighted by Gasteiger charge is -2.09. The van der Waals surface area contributed by atoms with E-state index in [9.17, 15) is 4.79 Å². The van der Waals surface area contributed by atoms with Crippen molar-refractivity contribution in [2.45, 2.75) is 6.92 Å². The highest BCUT2D eigenvalue weighted by Crippen LogP contribution is 2.36. The van der Waals surface area contributed by atoms with E-state index in [1.807, 2.05) is 36.5 Å². The summed E-state index contributed by atoms with van der Waals surface area (Å²) in [7, 11) is 0. The van der Waals surface area contributed by atoms with Gasteiger partial charge in [0.1, 0.15) is 15.5 Å². The number of benzene rings is 2. The number of rotatable bonds is 1. The Kier molecular flexibility index (Phi) is 3.79. The molecule has 27 heavy (non-hydrogen) atoms. The van der Waals surface area contributed by atoms with Crippen LogP contribution in [0.2, 0.25) is 5.15 Å². The molecule has 5 rings (SSSR count). The lowest BCUT2D eigenvalue weighted by Crippen LogP contribution is -2.09. The van der Waals surface area contributed by atoms with Crippen molar-refractivity contribution in [1.29, 1.82) is 0 Å². The van der Waals surface area contributed by atoms with Gasteiger partial charge in [0, 0.05) is 16.2 Å². The average molecular weight is 458 g/mol. The number of pyridine rings is 1. The van der Waals surface area contributed by atoms with Gasteiger partial charge in [0.25, 0.3) is 0 Å². The molecule has 1 aliphatic heterocycles. The summed E-state index contributed by atoms with van der Waals surface area (Å²) in [6.45, 7) is 1.80. The maximum atomic E-state index is 12.9. The SMILES string of the molecule is Cc1c2sc3nc(Cl)ccc3nc-2c2cn(-c3ccc(Br)cc3)nc2c1=O. The van der Waals surface area contributed by atoms with Crippen molar-refractivity contribution >= 4 is 60.1 Å². The van der Waals surface area contributed by atoms with E-state index in [0.29, 0.717) is 21.1 Å². The first-order chi connectivity index (χ1) is 13.0. The van der Waals surface area contributed by atoms with Crippen molar-refractivity contribution in [1.82, 2.24) is 19.7 Å². The van der Waals surface area contributed by atoms with E-state index in [4.69, 9.17) is 16.6 Å². The summed E-state index contributed by atoms with van der Waals surface area (Å²) in [4.78, 5) is 23.5. The van der Waals surface area contributed by atoms with Crippen molar-refractivity contribution in [3.8, 4) is 16.3 Å². The molecule has 1 aliphatic carbocycles. The van der Waals surface area contributed by atoms with E-state index < -0.39 is 0 Å². The molecule has 0 amide bonds. The average Bonchev–Trinajstić information content (AvgIpc) is 3.11. The van der Waals surface area contributed by atoms with Gasteiger partial charge < -0.3 is 0 Å². The van der Waals surface area contributed by atoms with Crippen molar-refractivity contribution in [3.05, 3.63) is 68.0 Å². The van der Waals surface area contributed by atoms with E-state index in [0.717, 1.165) is 31.6 Å². The Morgan fingerprint density at radius 1 is 1.11 bits per heavy atom. The van der Waals surface area contributed by atoms with Crippen molar-refractivity contribution < 1.29 is 0 Å². The van der Waals surface area contributed by atoms with Crippen molar-refractivity contribution in [2.75, 3.05) is 0 Å². The molecule has 3 heterocycles. The second-order valence-corrected chi connectivity index (χ2v) is 8.42. The molecule has 0 bridgehead atoms. The number of hydrogen-bond acceptors (Lipinski definition) is 5. The van der Waals surface area contributed by atoms with Crippen LogP contribution in [0.25, 0.3) is 37.5 Å². The minimum absolute atomic E-state index is 0.0900. The molecule has 0 fully saturated rings. The third-order valence-electron chi connectivity index (χ3n) is 4.41. The smallest absolute Gasteiger partial charge is 0.211 e. The largest absolute Gasteiger partial charge is 0.287 e. The molecule has 0 radical (unpaired) electrons. The van der Waals surface area contributed by atoms with E-state index in [1.165, 1.54) is 11.3 Å². The van der Waals surface area contributed by atoms with Crippen LogP contribution in [-0.4, -0.2) is 19.7 Å². The molecular weight excluding hydrogens is 448 g/mol. The first kappa shape index (κ1) is 16.8. The number of aromatic nitrogens is 4. The lowest BCUT2D eigenvalue weighted by atomic mass is 10.1. The maximum Gasteiger partial charge on any atom is 0.211 e. The third kappa shape index (κ3) is 2.65. The van der Waals surface area contributed by atoms with Gasteiger partial charge in [-0.1, -0.05) is 27.5 Å². The molecule has 0 unspecified atom stereocenters. The van der Waals surface area contributed by atoms with Crippen LogP contribution in [0.3, 0.4) is 0 Å². The van der Waals surface area contributed by atoms with Crippen LogP contribution in [0.5, 0.6) is 0 Å². The molecule has 2 aromatic heterocycles. The molecule has 0 N–H and O–H groups in total. The molecule has 1 aromatic carbocycles. The second kappa shape index (κ2) is 6.09. The van der Waals surface area contributed by atoms with Gasteiger partial charge in [-0.25, -0.2) is 14.6 Å². The van der Waals surface area contributed by atoms with Crippen molar-refractivity contribution in [3.63, 3.8) is 0 Å². The molecule has 0 saturated carbocycles. The topological polar surface area (TPSA) is 60.7 Å². The first-order valence-electron chi connectivity index (χ1n) is 8.06. The Morgan fingerprint density at radius 3 is 2.67 bits per heavy atom. The van der Waals surface area contributed by atoms with E-state index in [2.05, 4.69) is 26.0 Å². The van der Waals surface area contributed by atoms with Gasteiger partial charge in [-0.2, -0.15) is 5.10 Å². The molecule has 0 spiro atoms. The molecule has 5 nitrogen and oxygen atoms in total. The summed E-state index contributed by atoms with van der Waals surface area (Å²) in [5, 5.41) is 5.67. The highest BCUT2D eigenvalue weighted by molar-refractivity contribution is 9.10. The van der Waals surface area contributed by atoms with Crippen LogP contribution in [0.15, 0.2) is 51.9 Å². The van der Waals surface area contributed by atoms with E-state index in [-0.39, 0.29) is 5.43 Å². The highest BCUT2D eigenvalue weighted by Gasteiger charge is 2.21. The lowest BCUT2D eigenvalue weighted by molar-refractivity contribution is 0.894. The zero-order valence-electron chi connectivity index (χ0n) is 13.9. The standard InChI is InChI=1S/C19H10BrClN4OS/c1-9-17(26)15-12(8-25(24-15)11-4-2-10(20)3-5-11)16-18(9)27-19-13(22-16)6-7-14(21)23-19/h2-8H,1H3. The van der Waals surface area contributed by atoms with Crippen LogP contribution < -0.4 is 5.43 Å². The van der Waals surface area contributed by atoms with Crippen LogP contribution in [-0.2, 0) is 0 Å². The Labute approximate surface area is 170 Å².